The maximum atomic E-state index is 12.0. The fraction of sp³-hybridized carbons (Fsp3) is 0.800. The van der Waals surface area contributed by atoms with Gasteiger partial charge in [-0.1, -0.05) is 0 Å². The highest BCUT2D eigenvalue weighted by Crippen LogP contribution is 2.30. The fourth-order valence-corrected chi connectivity index (χ4v) is 3.06. The zero-order valence-electron chi connectivity index (χ0n) is 9.32. The molecule has 1 atom stereocenters. The Hall–Kier alpha value is -0.710. The van der Waals surface area contributed by atoms with Crippen molar-refractivity contribution in [1.29, 1.82) is 0 Å². The topological polar surface area (TPSA) is 40.6 Å². The molecule has 84 valence electrons. The van der Waals surface area contributed by atoms with Crippen LogP contribution in [0, 0.1) is 0 Å². The maximum absolute atomic E-state index is 12.0. The summed E-state index contributed by atoms with van der Waals surface area (Å²) in [6.07, 6.45) is 0. The molecular formula is C10H16N2O2S. The van der Waals surface area contributed by atoms with E-state index in [2.05, 4.69) is 0 Å². The molecule has 0 aromatic heterocycles. The van der Waals surface area contributed by atoms with E-state index >= 15 is 0 Å². The minimum absolute atomic E-state index is 0.0281. The summed E-state index contributed by atoms with van der Waals surface area (Å²) < 4.78 is 0. The second-order valence-electron chi connectivity index (χ2n) is 4.91. The number of nitrogens with zero attached hydrogens (tertiary/aromatic N) is 2. The van der Waals surface area contributed by atoms with E-state index in [9.17, 15) is 9.59 Å². The number of hydrogen-bond donors (Lipinski definition) is 0. The molecule has 5 heteroatoms. The maximum Gasteiger partial charge on any atom is 0.328 e. The molecule has 0 bridgehead atoms. The van der Waals surface area contributed by atoms with Crippen molar-refractivity contribution in [2.24, 2.45) is 0 Å². The summed E-state index contributed by atoms with van der Waals surface area (Å²) in [5.74, 6) is 1.66. The van der Waals surface area contributed by atoms with Crippen molar-refractivity contribution in [1.82, 2.24) is 9.80 Å². The summed E-state index contributed by atoms with van der Waals surface area (Å²) in [5, 5.41) is 0. The highest BCUT2D eigenvalue weighted by Gasteiger charge is 2.49. The number of carbonyl (C=O) groups is 2. The van der Waals surface area contributed by atoms with Crippen molar-refractivity contribution < 1.29 is 9.59 Å². The highest BCUT2D eigenvalue weighted by molar-refractivity contribution is 7.99. The van der Waals surface area contributed by atoms with Crippen LogP contribution in [0.1, 0.15) is 20.8 Å². The van der Waals surface area contributed by atoms with E-state index in [0.717, 1.165) is 11.5 Å². The third kappa shape index (κ3) is 1.62. The van der Waals surface area contributed by atoms with Crippen molar-refractivity contribution in [3.63, 3.8) is 0 Å². The molecule has 15 heavy (non-hydrogen) atoms. The van der Waals surface area contributed by atoms with E-state index in [1.54, 1.807) is 16.7 Å². The van der Waals surface area contributed by atoms with Crippen LogP contribution in [0.15, 0.2) is 0 Å². The summed E-state index contributed by atoms with van der Waals surface area (Å²) in [4.78, 5) is 27.2. The number of fused-ring (bicyclic) bond motifs is 1. The summed E-state index contributed by atoms with van der Waals surface area (Å²) in [7, 11) is 0. The Kier molecular flexibility index (Phi) is 2.45. The molecule has 2 aliphatic rings. The van der Waals surface area contributed by atoms with Gasteiger partial charge in [0.1, 0.15) is 6.04 Å². The number of carbonyl (C=O) groups excluding carboxylic acids is 2. The normalized spacial score (nSPS) is 27.3. The number of urea groups is 1. The summed E-state index contributed by atoms with van der Waals surface area (Å²) >= 11 is 1.75. The highest BCUT2D eigenvalue weighted by atomic mass is 32.2. The average Bonchev–Trinajstić information content (AvgIpc) is 2.39. The molecule has 0 spiro atoms. The lowest BCUT2D eigenvalue weighted by Crippen LogP contribution is -2.46. The molecule has 0 aromatic rings. The third-order valence-electron chi connectivity index (χ3n) is 2.74. The van der Waals surface area contributed by atoms with Crippen LogP contribution in [-0.4, -0.2) is 51.4 Å². The van der Waals surface area contributed by atoms with Crippen LogP contribution in [0.5, 0.6) is 0 Å². The molecule has 0 aliphatic carbocycles. The van der Waals surface area contributed by atoms with E-state index in [-0.39, 0.29) is 18.0 Å². The van der Waals surface area contributed by atoms with Gasteiger partial charge >= 0.3 is 6.03 Å². The van der Waals surface area contributed by atoms with E-state index in [4.69, 9.17) is 0 Å². The van der Waals surface area contributed by atoms with Crippen LogP contribution in [0.4, 0.5) is 4.79 Å². The lowest BCUT2D eigenvalue weighted by Gasteiger charge is -2.29. The number of imide groups is 1. The number of thioether (sulfide) groups is 1. The molecular weight excluding hydrogens is 212 g/mol. The van der Waals surface area contributed by atoms with E-state index in [1.165, 1.54) is 4.90 Å². The Balaban J connectivity index is 2.29. The zero-order valence-corrected chi connectivity index (χ0v) is 10.1. The van der Waals surface area contributed by atoms with Gasteiger partial charge in [0.25, 0.3) is 5.91 Å². The molecule has 2 heterocycles. The van der Waals surface area contributed by atoms with Crippen LogP contribution in [0.2, 0.25) is 0 Å². The van der Waals surface area contributed by atoms with Gasteiger partial charge in [-0.05, 0) is 20.8 Å². The molecule has 2 fully saturated rings. The summed E-state index contributed by atoms with van der Waals surface area (Å²) in [6.45, 7) is 6.39. The van der Waals surface area contributed by atoms with Crippen molar-refractivity contribution in [3.8, 4) is 0 Å². The Bertz CT molecular complexity index is 287. The van der Waals surface area contributed by atoms with Gasteiger partial charge in [-0.25, -0.2) is 4.79 Å². The van der Waals surface area contributed by atoms with E-state index in [0.29, 0.717) is 6.54 Å². The standard InChI is InChI=1S/C10H16N2O2S/c1-10(2,3)12-8(13)7-6-15-5-4-11(7)9(12)14/h7H,4-6H2,1-3H3. The van der Waals surface area contributed by atoms with Crippen LogP contribution >= 0.6 is 11.8 Å². The van der Waals surface area contributed by atoms with Crippen molar-refractivity contribution in [2.45, 2.75) is 32.4 Å². The largest absolute Gasteiger partial charge is 0.328 e. The molecule has 0 saturated carbocycles. The quantitative estimate of drug-likeness (QED) is 0.584. The van der Waals surface area contributed by atoms with E-state index < -0.39 is 5.54 Å². The third-order valence-corrected chi connectivity index (χ3v) is 3.76. The molecule has 4 nitrogen and oxygen atoms in total. The van der Waals surface area contributed by atoms with Crippen LogP contribution in [0.3, 0.4) is 0 Å². The Morgan fingerprint density at radius 1 is 1.33 bits per heavy atom. The molecule has 2 rings (SSSR count). The number of amides is 3. The van der Waals surface area contributed by atoms with Gasteiger partial charge in [0.05, 0.1) is 0 Å². The first kappa shape index (κ1) is 10.8. The average molecular weight is 228 g/mol. The SMILES string of the molecule is CC(C)(C)N1C(=O)C2CSCCN2C1=O. The number of hydrogen-bond acceptors (Lipinski definition) is 3. The van der Waals surface area contributed by atoms with Gasteiger partial charge in [-0.15, -0.1) is 0 Å². The molecule has 3 amide bonds. The van der Waals surface area contributed by atoms with Gasteiger partial charge < -0.3 is 4.90 Å². The molecule has 0 N–H and O–H groups in total. The van der Waals surface area contributed by atoms with Gasteiger partial charge in [0.15, 0.2) is 0 Å². The van der Waals surface area contributed by atoms with Crippen LogP contribution in [0.25, 0.3) is 0 Å². The summed E-state index contributed by atoms with van der Waals surface area (Å²) in [6, 6.07) is -0.326. The van der Waals surface area contributed by atoms with E-state index in [1.807, 2.05) is 20.8 Å². The molecule has 0 radical (unpaired) electrons. The first-order valence-electron chi connectivity index (χ1n) is 5.15. The molecule has 2 aliphatic heterocycles. The predicted octanol–water partition coefficient (Wildman–Crippen LogP) is 1.16. The monoisotopic (exact) mass is 228 g/mol. The lowest BCUT2D eigenvalue weighted by atomic mass is 10.1. The first-order chi connectivity index (χ1) is 6.93. The minimum atomic E-state index is -0.407. The van der Waals surface area contributed by atoms with Crippen molar-refractivity contribution in [3.05, 3.63) is 0 Å². The van der Waals surface area contributed by atoms with Crippen molar-refractivity contribution in [2.75, 3.05) is 18.1 Å². The Morgan fingerprint density at radius 3 is 2.53 bits per heavy atom. The van der Waals surface area contributed by atoms with Gasteiger partial charge in [0.2, 0.25) is 0 Å². The molecule has 0 aromatic carbocycles. The van der Waals surface area contributed by atoms with Gasteiger partial charge in [-0.3, -0.25) is 9.69 Å². The zero-order chi connectivity index (χ0) is 11.2. The fourth-order valence-electron chi connectivity index (χ4n) is 2.03. The molecule has 2 saturated heterocycles. The first-order valence-corrected chi connectivity index (χ1v) is 6.31. The van der Waals surface area contributed by atoms with Crippen LogP contribution in [-0.2, 0) is 4.79 Å². The number of rotatable bonds is 0. The smallest absolute Gasteiger partial charge is 0.311 e. The minimum Gasteiger partial charge on any atom is -0.311 e. The van der Waals surface area contributed by atoms with Crippen molar-refractivity contribution >= 4 is 23.7 Å². The molecule has 1 unspecified atom stereocenters. The Labute approximate surface area is 94.0 Å². The predicted molar refractivity (Wildman–Crippen MR) is 59.8 cm³/mol. The second kappa shape index (κ2) is 3.40. The van der Waals surface area contributed by atoms with Gasteiger partial charge in [0, 0.05) is 23.6 Å². The Morgan fingerprint density at radius 2 is 2.00 bits per heavy atom. The lowest BCUT2D eigenvalue weighted by molar-refractivity contribution is -0.130. The second-order valence-corrected chi connectivity index (χ2v) is 6.06. The van der Waals surface area contributed by atoms with Gasteiger partial charge in [-0.2, -0.15) is 11.8 Å². The van der Waals surface area contributed by atoms with Crippen LogP contribution < -0.4 is 0 Å². The summed E-state index contributed by atoms with van der Waals surface area (Å²) in [5.41, 5.74) is -0.407.